The highest BCUT2D eigenvalue weighted by Gasteiger charge is 2.21. The maximum Gasteiger partial charge on any atom is 0.407 e. The van der Waals surface area contributed by atoms with Crippen LogP contribution in [0.3, 0.4) is 0 Å². The highest BCUT2D eigenvalue weighted by molar-refractivity contribution is 7.96. The van der Waals surface area contributed by atoms with Crippen molar-refractivity contribution in [3.8, 4) is 11.5 Å². The summed E-state index contributed by atoms with van der Waals surface area (Å²) in [7, 11) is 0. The van der Waals surface area contributed by atoms with Gasteiger partial charge in [0.2, 0.25) is 0 Å². The number of carbonyl (C=O) groups excluding carboxylic acids is 1. The standard InChI is InChI=1S/C19H30N2O5S.C7H8/c1-19(2,3)25-18(24)20-11-6-12-21(26-14-7-4-5-8-14)27-15-9-10-16(22)17(23)13-15;1-7-5-3-2-4-6-7/h9-10,13-14,22-23H,4-8,11-12H2,1-3H3,(H,20,24);2-6H,1H3. The molecule has 34 heavy (non-hydrogen) atoms. The third kappa shape index (κ3) is 11.6. The van der Waals surface area contributed by atoms with E-state index in [0.717, 1.165) is 17.7 Å². The van der Waals surface area contributed by atoms with Crippen LogP contribution in [0, 0.1) is 6.92 Å². The van der Waals surface area contributed by atoms with Crippen LogP contribution in [0.1, 0.15) is 58.4 Å². The molecule has 0 unspecified atom stereocenters. The lowest BCUT2D eigenvalue weighted by Crippen LogP contribution is -2.34. The minimum atomic E-state index is -0.515. The number of hydrogen-bond donors (Lipinski definition) is 3. The van der Waals surface area contributed by atoms with Gasteiger partial charge in [0.05, 0.1) is 6.10 Å². The molecular weight excluding hydrogens is 452 g/mol. The number of hydrogen-bond acceptors (Lipinski definition) is 7. The SMILES string of the molecule is CC(C)(C)OC(=O)NCCCN(OC1CCCC1)Sc1ccc(O)c(O)c1.Cc1ccccc1. The highest BCUT2D eigenvalue weighted by atomic mass is 32.2. The Morgan fingerprint density at radius 1 is 1.09 bits per heavy atom. The average Bonchev–Trinajstić information content (AvgIpc) is 3.27. The monoisotopic (exact) mass is 490 g/mol. The predicted molar refractivity (Wildman–Crippen MR) is 136 cm³/mol. The minimum absolute atomic E-state index is 0.149. The summed E-state index contributed by atoms with van der Waals surface area (Å²) in [6.07, 6.45) is 4.86. The van der Waals surface area contributed by atoms with Crippen LogP contribution in [-0.2, 0) is 9.57 Å². The molecule has 2 aromatic carbocycles. The number of carbonyl (C=O) groups is 1. The van der Waals surface area contributed by atoms with Crippen molar-refractivity contribution in [2.24, 2.45) is 0 Å². The van der Waals surface area contributed by atoms with Crippen molar-refractivity contribution in [2.75, 3.05) is 13.1 Å². The van der Waals surface area contributed by atoms with Crippen molar-refractivity contribution in [1.82, 2.24) is 9.79 Å². The van der Waals surface area contributed by atoms with Gasteiger partial charge in [0.1, 0.15) is 5.60 Å². The number of alkyl carbamates (subject to hydrolysis) is 1. The number of ether oxygens (including phenoxy) is 1. The van der Waals surface area contributed by atoms with Gasteiger partial charge in [0.15, 0.2) is 11.5 Å². The van der Waals surface area contributed by atoms with Crippen molar-refractivity contribution in [1.29, 1.82) is 0 Å². The van der Waals surface area contributed by atoms with E-state index in [2.05, 4.69) is 24.4 Å². The van der Waals surface area contributed by atoms with Crippen LogP contribution in [-0.4, -0.2) is 45.6 Å². The molecule has 0 atom stereocenters. The number of phenols is 2. The van der Waals surface area contributed by atoms with Crippen LogP contribution < -0.4 is 5.32 Å². The Labute approximate surface area is 207 Å². The van der Waals surface area contributed by atoms with Gasteiger partial charge in [-0.25, -0.2) is 4.79 Å². The van der Waals surface area contributed by atoms with Gasteiger partial charge >= 0.3 is 6.09 Å². The summed E-state index contributed by atoms with van der Waals surface area (Å²) in [5.74, 6) is -0.309. The fraction of sp³-hybridized carbons (Fsp3) is 0.500. The Morgan fingerprint density at radius 2 is 1.76 bits per heavy atom. The van der Waals surface area contributed by atoms with Gasteiger partial charge in [-0.3, -0.25) is 4.84 Å². The molecule has 1 aliphatic rings. The van der Waals surface area contributed by atoms with E-state index >= 15 is 0 Å². The molecule has 0 bridgehead atoms. The molecule has 3 N–H and O–H groups in total. The summed E-state index contributed by atoms with van der Waals surface area (Å²) < 4.78 is 7.01. The second-order valence-corrected chi connectivity index (χ2v) is 10.3. The van der Waals surface area contributed by atoms with E-state index in [4.69, 9.17) is 9.57 Å². The van der Waals surface area contributed by atoms with Gasteiger partial charge in [-0.05, 0) is 77.1 Å². The molecule has 0 spiro atoms. The molecule has 0 aliphatic heterocycles. The molecule has 3 rings (SSSR count). The van der Waals surface area contributed by atoms with E-state index in [1.165, 1.54) is 42.5 Å². The second kappa shape index (κ2) is 14.1. The molecular formula is C26H38N2O5S. The molecule has 7 nitrogen and oxygen atoms in total. The number of hydroxylamine groups is 1. The number of rotatable bonds is 8. The first kappa shape index (κ1) is 27.8. The number of benzene rings is 2. The topological polar surface area (TPSA) is 91.3 Å². The summed E-state index contributed by atoms with van der Waals surface area (Å²) in [6.45, 7) is 8.63. The van der Waals surface area contributed by atoms with Crippen LogP contribution in [0.15, 0.2) is 53.4 Å². The summed E-state index contributed by atoms with van der Waals surface area (Å²) in [6, 6.07) is 14.9. The zero-order valence-corrected chi connectivity index (χ0v) is 21.4. The molecule has 1 aliphatic carbocycles. The Kier molecular flexibility index (Phi) is 11.5. The summed E-state index contributed by atoms with van der Waals surface area (Å²) >= 11 is 1.36. The maximum absolute atomic E-state index is 11.7. The Morgan fingerprint density at radius 3 is 2.32 bits per heavy atom. The summed E-state index contributed by atoms with van der Waals surface area (Å²) in [4.78, 5) is 18.6. The van der Waals surface area contributed by atoms with Crippen LogP contribution in [0.4, 0.5) is 4.79 Å². The van der Waals surface area contributed by atoms with Crippen molar-refractivity contribution >= 4 is 18.0 Å². The fourth-order valence-electron chi connectivity index (χ4n) is 3.20. The number of amides is 1. The molecule has 1 saturated carbocycles. The molecule has 0 radical (unpaired) electrons. The van der Waals surface area contributed by atoms with Gasteiger partial charge in [-0.2, -0.15) is 0 Å². The van der Waals surface area contributed by atoms with Gasteiger partial charge in [0.25, 0.3) is 0 Å². The van der Waals surface area contributed by atoms with Crippen LogP contribution >= 0.6 is 11.9 Å². The maximum atomic E-state index is 11.7. The van der Waals surface area contributed by atoms with E-state index in [-0.39, 0.29) is 17.6 Å². The Bertz CT molecular complexity index is 867. The van der Waals surface area contributed by atoms with E-state index < -0.39 is 11.7 Å². The first-order chi connectivity index (χ1) is 16.1. The van der Waals surface area contributed by atoms with Crippen molar-refractivity contribution < 1.29 is 24.6 Å². The lowest BCUT2D eigenvalue weighted by molar-refractivity contribution is -0.122. The summed E-state index contributed by atoms with van der Waals surface area (Å²) in [5, 5.41) is 21.9. The van der Waals surface area contributed by atoms with Crippen LogP contribution in [0.25, 0.3) is 0 Å². The van der Waals surface area contributed by atoms with Crippen molar-refractivity contribution in [3.63, 3.8) is 0 Å². The number of phenolic OH excluding ortho intramolecular Hbond substituents is 2. The Balaban J connectivity index is 0.000000497. The highest BCUT2D eigenvalue weighted by Crippen LogP contribution is 2.33. The lowest BCUT2D eigenvalue weighted by atomic mass is 10.2. The van der Waals surface area contributed by atoms with Crippen LogP contribution in [0.5, 0.6) is 11.5 Å². The number of aryl methyl sites for hydroxylation is 1. The van der Waals surface area contributed by atoms with E-state index in [0.29, 0.717) is 19.5 Å². The second-order valence-electron chi connectivity index (χ2n) is 9.25. The molecule has 0 heterocycles. The van der Waals surface area contributed by atoms with E-state index in [1.54, 1.807) is 10.5 Å². The van der Waals surface area contributed by atoms with Gasteiger partial charge < -0.3 is 20.3 Å². The molecule has 0 aromatic heterocycles. The molecule has 0 saturated heterocycles. The smallest absolute Gasteiger partial charge is 0.407 e. The van der Waals surface area contributed by atoms with Gasteiger partial charge in [0, 0.05) is 18.0 Å². The average molecular weight is 491 g/mol. The number of aromatic hydroxyl groups is 2. The van der Waals surface area contributed by atoms with E-state index in [9.17, 15) is 15.0 Å². The molecule has 1 fully saturated rings. The number of nitrogens with one attached hydrogen (secondary N) is 1. The van der Waals surface area contributed by atoms with Crippen molar-refractivity contribution in [2.45, 2.75) is 76.4 Å². The zero-order chi connectivity index (χ0) is 25.0. The minimum Gasteiger partial charge on any atom is -0.504 e. The van der Waals surface area contributed by atoms with E-state index in [1.807, 2.05) is 39.0 Å². The molecule has 2 aromatic rings. The van der Waals surface area contributed by atoms with Crippen LogP contribution in [0.2, 0.25) is 0 Å². The normalized spacial score (nSPS) is 13.9. The quantitative estimate of drug-likeness (QED) is 0.176. The first-order valence-electron chi connectivity index (χ1n) is 11.7. The van der Waals surface area contributed by atoms with Crippen molar-refractivity contribution in [3.05, 3.63) is 54.1 Å². The third-order valence-electron chi connectivity index (χ3n) is 4.85. The fourth-order valence-corrected chi connectivity index (χ4v) is 4.12. The largest absolute Gasteiger partial charge is 0.504 e. The van der Waals surface area contributed by atoms with Gasteiger partial charge in [-0.1, -0.05) is 48.7 Å². The van der Waals surface area contributed by atoms with Gasteiger partial charge in [-0.15, -0.1) is 4.47 Å². The molecule has 8 heteroatoms. The third-order valence-corrected chi connectivity index (χ3v) is 5.79. The zero-order valence-electron chi connectivity index (χ0n) is 20.6. The molecule has 188 valence electrons. The number of nitrogens with zero attached hydrogens (tertiary/aromatic N) is 1. The summed E-state index contributed by atoms with van der Waals surface area (Å²) in [5.41, 5.74) is 0.806. The first-order valence-corrected chi connectivity index (χ1v) is 12.5. The molecule has 1 amide bonds. The Hall–Kier alpha value is -2.42. The lowest BCUT2D eigenvalue weighted by Gasteiger charge is -2.24. The predicted octanol–water partition coefficient (Wildman–Crippen LogP) is 6.19.